The molecule has 0 saturated heterocycles. The minimum Gasteiger partial charge on any atom is -0.445 e. The molecule has 5 N–H and O–H groups in total. The number of alkyl carbamates (subject to hydrolysis) is 1. The van der Waals surface area contributed by atoms with Crippen LogP contribution in [0, 0.1) is 5.92 Å². The maximum Gasteiger partial charge on any atom is 0.408 e. The van der Waals surface area contributed by atoms with Crippen molar-refractivity contribution in [1.82, 2.24) is 15.6 Å². The highest BCUT2D eigenvalue weighted by molar-refractivity contribution is 5.93. The summed E-state index contributed by atoms with van der Waals surface area (Å²) in [6, 6.07) is 12.5. The summed E-state index contributed by atoms with van der Waals surface area (Å²) in [5.41, 5.74) is 7.64. The summed E-state index contributed by atoms with van der Waals surface area (Å²) in [5, 5.41) is 15.3. The van der Waals surface area contributed by atoms with Crippen LogP contribution in [0.1, 0.15) is 44.8 Å². The van der Waals surface area contributed by atoms with Crippen molar-refractivity contribution in [2.24, 2.45) is 11.7 Å². The summed E-state index contributed by atoms with van der Waals surface area (Å²) >= 11 is 0. The Hall–Kier alpha value is -4.29. The minimum absolute atomic E-state index is 0.0210. The lowest BCUT2D eigenvalue weighted by Crippen LogP contribution is -2.53. The van der Waals surface area contributed by atoms with Crippen LogP contribution in [0.5, 0.6) is 0 Å². The number of hydrogen-bond donors (Lipinski definition) is 4. The van der Waals surface area contributed by atoms with Crippen molar-refractivity contribution < 1.29 is 38.2 Å². The van der Waals surface area contributed by atoms with Crippen molar-refractivity contribution in [3.63, 3.8) is 0 Å². The van der Waals surface area contributed by atoms with Gasteiger partial charge in [-0.25, -0.2) is 14.6 Å². The van der Waals surface area contributed by atoms with E-state index in [4.69, 9.17) is 19.6 Å². The normalized spacial score (nSPS) is 14.2. The molecule has 3 rings (SSSR count). The van der Waals surface area contributed by atoms with E-state index >= 15 is 0 Å². The van der Waals surface area contributed by atoms with Crippen LogP contribution in [0.2, 0.25) is 0 Å². The van der Waals surface area contributed by atoms with E-state index in [0.717, 1.165) is 5.56 Å². The molecule has 3 aromatic rings. The zero-order valence-corrected chi connectivity index (χ0v) is 21.8. The van der Waals surface area contributed by atoms with E-state index in [1.165, 1.54) is 6.92 Å². The number of nitrogens with one attached hydrogen (secondary N) is 2. The standard InChI is InChI=1S/C27H32N4O8/c1-15(2)22(31-27(36)37-14-17-9-5-4-6-10-17)24(34)29-16(3)26(35)39-21(32)13-18(28)23(33)25-30-19-11-7-8-12-20(19)38-25/h4-12,15-16,18,22-23,33H,13-14,28H2,1-3H3,(H,29,34)(H,31,36)/t16-,18?,22-,23?/m0/s1. The fraction of sp³-hybridized carbons (Fsp3) is 0.370. The fourth-order valence-electron chi connectivity index (χ4n) is 3.53. The molecule has 2 unspecified atom stereocenters. The average molecular weight is 541 g/mol. The number of hydrogen-bond acceptors (Lipinski definition) is 10. The summed E-state index contributed by atoms with van der Waals surface area (Å²) in [7, 11) is 0. The van der Waals surface area contributed by atoms with E-state index in [2.05, 4.69) is 15.6 Å². The molecule has 0 bridgehead atoms. The van der Waals surface area contributed by atoms with Gasteiger partial charge >= 0.3 is 18.0 Å². The minimum atomic E-state index is -1.42. The molecule has 2 aromatic carbocycles. The van der Waals surface area contributed by atoms with Crippen molar-refractivity contribution in [3.05, 3.63) is 66.1 Å². The molecule has 0 radical (unpaired) electrons. The van der Waals surface area contributed by atoms with Crippen LogP contribution in [0.4, 0.5) is 4.79 Å². The number of aliphatic hydroxyl groups excluding tert-OH is 1. The molecule has 0 fully saturated rings. The molecule has 1 aromatic heterocycles. The molecular weight excluding hydrogens is 508 g/mol. The maximum atomic E-state index is 12.7. The van der Waals surface area contributed by atoms with Crippen LogP contribution in [-0.2, 0) is 30.5 Å². The van der Waals surface area contributed by atoms with Gasteiger partial charge in [-0.1, -0.05) is 56.3 Å². The Morgan fingerprint density at radius 3 is 2.33 bits per heavy atom. The van der Waals surface area contributed by atoms with Crippen LogP contribution in [-0.4, -0.2) is 52.2 Å². The van der Waals surface area contributed by atoms with E-state index in [9.17, 15) is 24.3 Å². The Balaban J connectivity index is 1.47. The molecule has 0 saturated carbocycles. The van der Waals surface area contributed by atoms with Gasteiger partial charge in [0.05, 0.1) is 6.42 Å². The molecule has 0 aliphatic heterocycles. The number of fused-ring (bicyclic) bond motifs is 1. The SMILES string of the molecule is CC(C)[C@H](NC(=O)OCc1ccccc1)C(=O)N[C@@H](C)C(=O)OC(=O)CC(N)C(O)c1nc2ccccc2o1. The topological polar surface area (TPSA) is 183 Å². The number of rotatable bonds is 11. The predicted molar refractivity (Wildman–Crippen MR) is 139 cm³/mol. The second kappa shape index (κ2) is 13.5. The number of carbonyl (C=O) groups excluding carboxylic acids is 4. The van der Waals surface area contributed by atoms with Crippen molar-refractivity contribution in [3.8, 4) is 0 Å². The zero-order chi connectivity index (χ0) is 28.5. The van der Waals surface area contributed by atoms with Gasteiger partial charge in [0.2, 0.25) is 11.8 Å². The van der Waals surface area contributed by atoms with Crippen LogP contribution in [0.25, 0.3) is 11.1 Å². The fourth-order valence-corrected chi connectivity index (χ4v) is 3.53. The second-order valence-electron chi connectivity index (χ2n) is 9.28. The Morgan fingerprint density at radius 1 is 1.00 bits per heavy atom. The van der Waals surface area contributed by atoms with Gasteiger partial charge in [-0.2, -0.15) is 0 Å². The summed E-state index contributed by atoms with van der Waals surface area (Å²) in [5.74, 6) is -3.12. The lowest BCUT2D eigenvalue weighted by molar-refractivity contribution is -0.162. The third-order valence-corrected chi connectivity index (χ3v) is 5.73. The first-order chi connectivity index (χ1) is 18.5. The number of nitrogens with zero attached hydrogens (tertiary/aromatic N) is 1. The first-order valence-electron chi connectivity index (χ1n) is 12.4. The van der Waals surface area contributed by atoms with Crippen molar-refractivity contribution >= 4 is 35.0 Å². The first kappa shape index (κ1) is 29.3. The highest BCUT2D eigenvalue weighted by Gasteiger charge is 2.30. The number of para-hydroxylation sites is 2. The van der Waals surface area contributed by atoms with E-state index in [-0.39, 0.29) is 18.4 Å². The summed E-state index contributed by atoms with van der Waals surface area (Å²) in [4.78, 5) is 53.8. The summed E-state index contributed by atoms with van der Waals surface area (Å²) < 4.78 is 15.4. The first-order valence-corrected chi connectivity index (χ1v) is 12.4. The Kier molecular flexibility index (Phi) is 10.1. The highest BCUT2D eigenvalue weighted by Crippen LogP contribution is 2.22. The van der Waals surface area contributed by atoms with Crippen LogP contribution in [0.15, 0.2) is 59.0 Å². The summed E-state index contributed by atoms with van der Waals surface area (Å²) in [6.07, 6.45) is -2.74. The predicted octanol–water partition coefficient (Wildman–Crippen LogP) is 2.10. The monoisotopic (exact) mass is 540 g/mol. The molecule has 0 aliphatic rings. The molecule has 0 spiro atoms. The Morgan fingerprint density at radius 2 is 1.67 bits per heavy atom. The lowest BCUT2D eigenvalue weighted by Gasteiger charge is -2.23. The van der Waals surface area contributed by atoms with Gasteiger partial charge in [0.15, 0.2) is 5.58 Å². The van der Waals surface area contributed by atoms with Gasteiger partial charge < -0.3 is 35.4 Å². The van der Waals surface area contributed by atoms with Gasteiger partial charge in [-0.3, -0.25) is 9.59 Å². The number of ether oxygens (including phenoxy) is 2. The van der Waals surface area contributed by atoms with E-state index in [1.807, 2.05) is 6.07 Å². The smallest absolute Gasteiger partial charge is 0.408 e. The van der Waals surface area contributed by atoms with Gasteiger partial charge in [-0.05, 0) is 30.5 Å². The number of nitrogens with two attached hydrogens (primary N) is 1. The average Bonchev–Trinajstić information content (AvgIpc) is 3.34. The van der Waals surface area contributed by atoms with Gasteiger partial charge in [-0.15, -0.1) is 0 Å². The quantitative estimate of drug-likeness (QED) is 0.207. The van der Waals surface area contributed by atoms with Crippen molar-refractivity contribution in [1.29, 1.82) is 0 Å². The van der Waals surface area contributed by atoms with E-state index in [1.54, 1.807) is 62.4 Å². The highest BCUT2D eigenvalue weighted by atomic mass is 16.6. The van der Waals surface area contributed by atoms with Crippen molar-refractivity contribution in [2.75, 3.05) is 0 Å². The summed E-state index contributed by atoms with van der Waals surface area (Å²) in [6.45, 7) is 4.76. The third-order valence-electron chi connectivity index (χ3n) is 5.73. The Labute approximate surface area is 224 Å². The number of amides is 2. The molecule has 39 heavy (non-hydrogen) atoms. The van der Waals surface area contributed by atoms with Gasteiger partial charge in [0.1, 0.15) is 30.3 Å². The maximum absolute atomic E-state index is 12.7. The molecule has 1 heterocycles. The zero-order valence-electron chi connectivity index (χ0n) is 21.8. The number of esters is 2. The van der Waals surface area contributed by atoms with Crippen LogP contribution in [0.3, 0.4) is 0 Å². The molecule has 0 aliphatic carbocycles. The molecular formula is C27H32N4O8. The van der Waals surface area contributed by atoms with Crippen LogP contribution >= 0.6 is 0 Å². The Bertz CT molecular complexity index is 1260. The van der Waals surface area contributed by atoms with Gasteiger partial charge in [0, 0.05) is 6.04 Å². The largest absolute Gasteiger partial charge is 0.445 e. The number of aromatic nitrogens is 1. The molecule has 208 valence electrons. The number of benzene rings is 2. The van der Waals surface area contributed by atoms with E-state index < -0.39 is 54.6 Å². The van der Waals surface area contributed by atoms with E-state index in [0.29, 0.717) is 11.1 Å². The number of carbonyl (C=O) groups is 4. The van der Waals surface area contributed by atoms with Gasteiger partial charge in [0.25, 0.3) is 0 Å². The number of aliphatic hydroxyl groups is 1. The molecule has 12 nitrogen and oxygen atoms in total. The van der Waals surface area contributed by atoms with Crippen LogP contribution < -0.4 is 16.4 Å². The van der Waals surface area contributed by atoms with Crippen molar-refractivity contribution in [2.45, 2.75) is 58.0 Å². The molecule has 2 amide bonds. The third kappa shape index (κ3) is 8.35. The lowest BCUT2D eigenvalue weighted by atomic mass is 10.0. The number of oxazole rings is 1. The second-order valence-corrected chi connectivity index (χ2v) is 9.28. The molecule has 4 atom stereocenters. The molecule has 12 heteroatoms.